The quantitative estimate of drug-likeness (QED) is 0.719. The summed E-state index contributed by atoms with van der Waals surface area (Å²) in [6, 6.07) is 9.54. The number of benzene rings is 2. The third-order valence-electron chi connectivity index (χ3n) is 3.91. The van der Waals surface area contributed by atoms with Gasteiger partial charge in [0, 0.05) is 18.2 Å². The van der Waals surface area contributed by atoms with Crippen LogP contribution in [0.2, 0.25) is 0 Å². The van der Waals surface area contributed by atoms with Gasteiger partial charge in [0.2, 0.25) is 11.8 Å². The van der Waals surface area contributed by atoms with Crippen LogP contribution in [0.1, 0.15) is 30.9 Å². The van der Waals surface area contributed by atoms with Gasteiger partial charge in [0.05, 0.1) is 24.8 Å². The van der Waals surface area contributed by atoms with Crippen molar-refractivity contribution in [2.24, 2.45) is 0 Å². The van der Waals surface area contributed by atoms with Gasteiger partial charge in [-0.15, -0.1) is 0 Å². The summed E-state index contributed by atoms with van der Waals surface area (Å²) in [5.41, 5.74) is -0.152. The van der Waals surface area contributed by atoms with Crippen LogP contribution in [0.3, 0.4) is 0 Å². The van der Waals surface area contributed by atoms with E-state index in [1.807, 2.05) is 6.92 Å². The highest BCUT2D eigenvalue weighted by Crippen LogP contribution is 2.32. The average Bonchev–Trinajstić information content (AvgIpc) is 2.62. The number of carbonyl (C=O) groups excluding carboxylic acids is 2. The van der Waals surface area contributed by atoms with Crippen molar-refractivity contribution < 1.29 is 27.5 Å². The number of methoxy groups -OCH3 is 1. The van der Waals surface area contributed by atoms with Gasteiger partial charge in [-0.1, -0.05) is 25.1 Å². The summed E-state index contributed by atoms with van der Waals surface area (Å²) in [5, 5.41) is 5.26. The molecule has 28 heavy (non-hydrogen) atoms. The van der Waals surface area contributed by atoms with Gasteiger partial charge >= 0.3 is 6.18 Å². The molecule has 0 aliphatic heterocycles. The molecule has 8 heteroatoms. The van der Waals surface area contributed by atoms with E-state index in [1.54, 1.807) is 6.07 Å². The highest BCUT2D eigenvalue weighted by molar-refractivity contribution is 5.95. The molecule has 0 saturated carbocycles. The van der Waals surface area contributed by atoms with Gasteiger partial charge in [-0.25, -0.2) is 0 Å². The van der Waals surface area contributed by atoms with E-state index in [9.17, 15) is 22.8 Å². The molecule has 0 atom stereocenters. The Labute approximate surface area is 160 Å². The van der Waals surface area contributed by atoms with E-state index in [2.05, 4.69) is 10.6 Å². The van der Waals surface area contributed by atoms with Gasteiger partial charge in [0.1, 0.15) is 5.75 Å². The Morgan fingerprint density at radius 1 is 1.04 bits per heavy atom. The Balaban J connectivity index is 2.12. The van der Waals surface area contributed by atoms with Crippen LogP contribution in [-0.2, 0) is 22.2 Å². The third-order valence-corrected chi connectivity index (χ3v) is 3.91. The Morgan fingerprint density at radius 2 is 1.75 bits per heavy atom. The fraction of sp³-hybridized carbons (Fsp3) is 0.300. The Kier molecular flexibility index (Phi) is 7.03. The molecule has 5 nitrogen and oxygen atoms in total. The standard InChI is InChI=1S/C20H21F3N2O3/c1-3-6-18(26)25-16-10-9-14(12-17(16)28-2)24-19(27)11-13-7-4-5-8-15(13)20(21,22)23/h4-5,7-10,12H,3,6,11H2,1-2H3,(H,24,27)(H,25,26). The molecule has 2 aromatic carbocycles. The van der Waals surface area contributed by atoms with E-state index in [1.165, 1.54) is 37.4 Å². The van der Waals surface area contributed by atoms with Crippen LogP contribution in [0, 0.1) is 0 Å². The smallest absolute Gasteiger partial charge is 0.416 e. The molecule has 2 rings (SSSR count). The van der Waals surface area contributed by atoms with Gasteiger partial charge in [0.25, 0.3) is 0 Å². The molecule has 0 aliphatic carbocycles. The first kappa shape index (κ1) is 21.3. The zero-order valence-corrected chi connectivity index (χ0v) is 15.5. The number of hydrogen-bond donors (Lipinski definition) is 2. The lowest BCUT2D eigenvalue weighted by Gasteiger charge is -2.14. The Morgan fingerprint density at radius 3 is 2.39 bits per heavy atom. The van der Waals surface area contributed by atoms with Gasteiger partial charge < -0.3 is 15.4 Å². The van der Waals surface area contributed by atoms with Crippen LogP contribution in [0.5, 0.6) is 5.75 Å². The molecule has 0 aliphatic rings. The first-order valence-corrected chi connectivity index (χ1v) is 8.67. The number of anilines is 2. The summed E-state index contributed by atoms with van der Waals surface area (Å²) in [6.45, 7) is 1.88. The molecule has 0 saturated heterocycles. The van der Waals surface area contributed by atoms with Crippen LogP contribution in [-0.4, -0.2) is 18.9 Å². The maximum atomic E-state index is 13.0. The van der Waals surface area contributed by atoms with E-state index >= 15 is 0 Å². The molecule has 0 unspecified atom stereocenters. The number of carbonyl (C=O) groups is 2. The molecule has 2 amide bonds. The summed E-state index contributed by atoms with van der Waals surface area (Å²) in [7, 11) is 1.41. The van der Waals surface area contributed by atoms with E-state index in [0.717, 1.165) is 6.07 Å². The van der Waals surface area contributed by atoms with E-state index in [-0.39, 0.29) is 11.5 Å². The number of halogens is 3. The summed E-state index contributed by atoms with van der Waals surface area (Å²) in [6.07, 6.45) is -3.90. The highest BCUT2D eigenvalue weighted by Gasteiger charge is 2.33. The van der Waals surface area contributed by atoms with Crippen LogP contribution in [0.15, 0.2) is 42.5 Å². The molecule has 0 bridgehead atoms. The predicted octanol–water partition coefficient (Wildman–Crippen LogP) is 4.63. The normalized spacial score (nSPS) is 11.0. The summed E-state index contributed by atoms with van der Waals surface area (Å²) < 4.78 is 44.3. The maximum Gasteiger partial charge on any atom is 0.416 e. The Bertz CT molecular complexity index is 851. The van der Waals surface area contributed by atoms with Crippen LogP contribution in [0.4, 0.5) is 24.5 Å². The van der Waals surface area contributed by atoms with Crippen molar-refractivity contribution in [2.45, 2.75) is 32.4 Å². The molecule has 0 heterocycles. The molecule has 0 aromatic heterocycles. The minimum atomic E-state index is -4.53. The lowest BCUT2D eigenvalue weighted by Crippen LogP contribution is -2.18. The van der Waals surface area contributed by atoms with Gasteiger partial charge in [-0.2, -0.15) is 13.2 Å². The first-order valence-electron chi connectivity index (χ1n) is 8.67. The first-order chi connectivity index (χ1) is 13.2. The second-order valence-electron chi connectivity index (χ2n) is 6.09. The minimum absolute atomic E-state index is 0.108. The fourth-order valence-electron chi connectivity index (χ4n) is 2.64. The molecule has 2 N–H and O–H groups in total. The van der Waals surface area contributed by atoms with E-state index in [4.69, 9.17) is 4.74 Å². The van der Waals surface area contributed by atoms with Crippen molar-refractivity contribution in [1.29, 1.82) is 0 Å². The molecular weight excluding hydrogens is 373 g/mol. The van der Waals surface area contributed by atoms with Gasteiger partial charge in [-0.3, -0.25) is 9.59 Å². The van der Waals surface area contributed by atoms with Crippen molar-refractivity contribution in [2.75, 3.05) is 17.7 Å². The van der Waals surface area contributed by atoms with Crippen LogP contribution >= 0.6 is 0 Å². The van der Waals surface area contributed by atoms with Gasteiger partial charge in [0.15, 0.2) is 0 Å². The number of amides is 2. The highest BCUT2D eigenvalue weighted by atomic mass is 19.4. The number of nitrogens with one attached hydrogen (secondary N) is 2. The lowest BCUT2D eigenvalue weighted by molar-refractivity contribution is -0.138. The summed E-state index contributed by atoms with van der Waals surface area (Å²) in [5.74, 6) is -0.430. The number of rotatable bonds is 7. The molecule has 2 aromatic rings. The molecule has 0 fully saturated rings. The monoisotopic (exact) mass is 394 g/mol. The van der Waals surface area contributed by atoms with Crippen molar-refractivity contribution in [3.05, 3.63) is 53.6 Å². The number of ether oxygens (including phenoxy) is 1. The SMILES string of the molecule is CCCC(=O)Nc1ccc(NC(=O)Cc2ccccc2C(F)(F)F)cc1OC. The fourth-order valence-corrected chi connectivity index (χ4v) is 2.64. The van der Waals surface area contributed by atoms with Crippen molar-refractivity contribution in [1.82, 2.24) is 0 Å². The molecule has 150 valence electrons. The minimum Gasteiger partial charge on any atom is -0.494 e. The zero-order chi connectivity index (χ0) is 20.7. The van der Waals surface area contributed by atoms with E-state index < -0.39 is 24.1 Å². The second kappa shape index (κ2) is 9.25. The zero-order valence-electron chi connectivity index (χ0n) is 15.5. The second-order valence-corrected chi connectivity index (χ2v) is 6.09. The van der Waals surface area contributed by atoms with Crippen LogP contribution in [0.25, 0.3) is 0 Å². The molecule has 0 spiro atoms. The third kappa shape index (κ3) is 5.73. The van der Waals surface area contributed by atoms with Crippen molar-refractivity contribution in [3.8, 4) is 5.75 Å². The molecular formula is C20H21F3N2O3. The van der Waals surface area contributed by atoms with Crippen molar-refractivity contribution in [3.63, 3.8) is 0 Å². The number of hydrogen-bond acceptors (Lipinski definition) is 3. The average molecular weight is 394 g/mol. The lowest BCUT2D eigenvalue weighted by atomic mass is 10.0. The summed E-state index contributed by atoms with van der Waals surface area (Å²) >= 11 is 0. The Hall–Kier alpha value is -3.03. The van der Waals surface area contributed by atoms with E-state index in [0.29, 0.717) is 30.0 Å². The predicted molar refractivity (Wildman–Crippen MR) is 100 cm³/mol. The van der Waals surface area contributed by atoms with Gasteiger partial charge in [-0.05, 0) is 30.2 Å². The summed E-state index contributed by atoms with van der Waals surface area (Å²) in [4.78, 5) is 24.0. The van der Waals surface area contributed by atoms with Crippen LogP contribution < -0.4 is 15.4 Å². The number of alkyl halides is 3. The topological polar surface area (TPSA) is 67.4 Å². The molecule has 0 radical (unpaired) electrons. The van der Waals surface area contributed by atoms with Crippen molar-refractivity contribution >= 4 is 23.2 Å². The maximum absolute atomic E-state index is 13.0. The largest absolute Gasteiger partial charge is 0.494 e.